The fourth-order valence-corrected chi connectivity index (χ4v) is 3.46. The van der Waals surface area contributed by atoms with Gasteiger partial charge in [0.2, 0.25) is 9.84 Å². The molecule has 1 aromatic carbocycles. The molecule has 3 nitrogen and oxygen atoms in total. The molecule has 19 heavy (non-hydrogen) atoms. The van der Waals surface area contributed by atoms with Crippen LogP contribution in [0.25, 0.3) is 6.08 Å². The summed E-state index contributed by atoms with van der Waals surface area (Å²) in [4.78, 5) is -0.146. The van der Waals surface area contributed by atoms with Crippen LogP contribution in [-0.4, -0.2) is 8.42 Å². The predicted octanol–water partition coefficient (Wildman–Crippen LogP) is 3.85. The topological polar surface area (TPSA) is 57.9 Å². The molecular formula is C13H8BrNO2S2. The van der Waals surface area contributed by atoms with Gasteiger partial charge in [-0.3, -0.25) is 0 Å². The highest BCUT2D eigenvalue weighted by molar-refractivity contribution is 9.10. The van der Waals surface area contributed by atoms with Crippen LogP contribution in [0.5, 0.6) is 0 Å². The Hall–Kier alpha value is -1.42. The van der Waals surface area contributed by atoms with Gasteiger partial charge in [0.05, 0.1) is 4.90 Å². The van der Waals surface area contributed by atoms with Gasteiger partial charge in [-0.15, -0.1) is 0 Å². The van der Waals surface area contributed by atoms with E-state index >= 15 is 0 Å². The molecule has 0 aliphatic heterocycles. The van der Waals surface area contributed by atoms with Gasteiger partial charge in [-0.05, 0) is 52.7 Å². The average Bonchev–Trinajstić information content (AvgIpc) is 2.89. The zero-order valence-electron chi connectivity index (χ0n) is 9.58. The highest BCUT2D eigenvalue weighted by Crippen LogP contribution is 2.23. The van der Waals surface area contributed by atoms with E-state index in [1.165, 1.54) is 29.5 Å². The van der Waals surface area contributed by atoms with Crippen LogP contribution in [0, 0.1) is 11.3 Å². The summed E-state index contributed by atoms with van der Waals surface area (Å²) in [5, 5.41) is 12.7. The SMILES string of the molecule is N#CC(=Cc1ccsc1)S(=O)(=O)c1ccc(Br)cc1. The van der Waals surface area contributed by atoms with Crippen LogP contribution in [0.4, 0.5) is 0 Å². The molecule has 0 radical (unpaired) electrons. The fourth-order valence-electron chi connectivity index (χ4n) is 1.42. The summed E-state index contributed by atoms with van der Waals surface area (Å²) >= 11 is 4.69. The molecule has 0 aliphatic rings. The summed E-state index contributed by atoms with van der Waals surface area (Å²) in [7, 11) is -3.76. The first-order chi connectivity index (χ1) is 9.04. The summed E-state index contributed by atoms with van der Waals surface area (Å²) in [5.74, 6) is 0. The van der Waals surface area contributed by atoms with Gasteiger partial charge in [-0.1, -0.05) is 15.9 Å². The number of halogens is 1. The molecule has 0 amide bonds. The molecule has 0 fully saturated rings. The summed E-state index contributed by atoms with van der Waals surface area (Å²) in [5.41, 5.74) is 0.710. The van der Waals surface area contributed by atoms with E-state index in [4.69, 9.17) is 5.26 Å². The summed E-state index contributed by atoms with van der Waals surface area (Å²) < 4.78 is 25.4. The molecule has 0 bridgehead atoms. The molecule has 0 N–H and O–H groups in total. The Morgan fingerprint density at radius 3 is 2.47 bits per heavy atom. The van der Waals surface area contributed by atoms with Gasteiger partial charge in [-0.25, -0.2) is 8.42 Å². The van der Waals surface area contributed by atoms with Crippen LogP contribution in [0.2, 0.25) is 0 Å². The maximum absolute atomic E-state index is 12.3. The lowest BCUT2D eigenvalue weighted by Crippen LogP contribution is -2.03. The number of sulfone groups is 1. The molecule has 0 unspecified atom stereocenters. The highest BCUT2D eigenvalue weighted by Gasteiger charge is 2.20. The first-order valence-electron chi connectivity index (χ1n) is 5.18. The van der Waals surface area contributed by atoms with Crippen molar-refractivity contribution in [2.45, 2.75) is 4.90 Å². The van der Waals surface area contributed by atoms with Gasteiger partial charge in [0.25, 0.3) is 0 Å². The number of benzene rings is 1. The van der Waals surface area contributed by atoms with Gasteiger partial charge in [0.1, 0.15) is 11.0 Å². The van der Waals surface area contributed by atoms with Crippen LogP contribution >= 0.6 is 27.3 Å². The maximum Gasteiger partial charge on any atom is 0.216 e. The second-order valence-electron chi connectivity index (χ2n) is 3.63. The Balaban J connectivity index is 2.49. The average molecular weight is 354 g/mol. The Kier molecular flexibility index (Phi) is 4.20. The molecule has 2 aromatic rings. The molecule has 0 spiro atoms. The van der Waals surface area contributed by atoms with E-state index < -0.39 is 9.84 Å². The number of nitrogens with zero attached hydrogens (tertiary/aromatic N) is 1. The number of allylic oxidation sites excluding steroid dienone is 1. The Bertz CT molecular complexity index is 739. The molecule has 96 valence electrons. The largest absolute Gasteiger partial charge is 0.218 e. The Labute approximate surface area is 123 Å². The van der Waals surface area contributed by atoms with Crippen molar-refractivity contribution < 1.29 is 8.42 Å². The standard InChI is InChI=1S/C13H8BrNO2S2/c14-11-1-3-12(4-2-11)19(16,17)13(8-15)7-10-5-6-18-9-10/h1-7,9H. The summed E-state index contributed by atoms with van der Waals surface area (Å²) in [6.45, 7) is 0. The van der Waals surface area contributed by atoms with Crippen LogP contribution in [0.3, 0.4) is 0 Å². The van der Waals surface area contributed by atoms with Crippen LogP contribution in [-0.2, 0) is 9.84 Å². The molecule has 0 saturated heterocycles. The van der Waals surface area contributed by atoms with Gasteiger partial charge in [-0.2, -0.15) is 16.6 Å². The number of hydrogen-bond acceptors (Lipinski definition) is 4. The van der Waals surface area contributed by atoms with E-state index in [1.54, 1.807) is 29.6 Å². The minimum atomic E-state index is -3.76. The normalized spacial score (nSPS) is 12.1. The van der Waals surface area contributed by atoms with E-state index in [1.807, 2.05) is 5.38 Å². The number of hydrogen-bond donors (Lipinski definition) is 0. The van der Waals surface area contributed by atoms with Crippen molar-refractivity contribution in [3.8, 4) is 6.07 Å². The number of thiophene rings is 1. The van der Waals surface area contributed by atoms with Crippen LogP contribution in [0.1, 0.15) is 5.56 Å². The van der Waals surface area contributed by atoms with E-state index in [9.17, 15) is 8.42 Å². The Morgan fingerprint density at radius 1 is 1.26 bits per heavy atom. The zero-order chi connectivity index (χ0) is 13.9. The van der Waals surface area contributed by atoms with E-state index in [0.29, 0.717) is 5.56 Å². The van der Waals surface area contributed by atoms with Crippen molar-refractivity contribution in [1.82, 2.24) is 0 Å². The quantitative estimate of drug-likeness (QED) is 0.787. The van der Waals surface area contributed by atoms with Gasteiger partial charge >= 0.3 is 0 Å². The van der Waals surface area contributed by atoms with E-state index in [0.717, 1.165) is 4.47 Å². The van der Waals surface area contributed by atoms with Gasteiger partial charge in [0.15, 0.2) is 0 Å². The van der Waals surface area contributed by atoms with Crippen LogP contribution < -0.4 is 0 Å². The first kappa shape index (κ1) is 14.0. The molecule has 1 aromatic heterocycles. The fraction of sp³-hybridized carbons (Fsp3) is 0. The zero-order valence-corrected chi connectivity index (χ0v) is 12.8. The number of rotatable bonds is 3. The van der Waals surface area contributed by atoms with E-state index in [-0.39, 0.29) is 9.80 Å². The summed E-state index contributed by atoms with van der Waals surface area (Å²) in [6.07, 6.45) is 1.38. The lowest BCUT2D eigenvalue weighted by molar-refractivity contribution is 0.603. The summed E-state index contributed by atoms with van der Waals surface area (Å²) in [6, 6.07) is 9.73. The molecule has 1 heterocycles. The second-order valence-corrected chi connectivity index (χ2v) is 7.25. The predicted molar refractivity (Wildman–Crippen MR) is 79.2 cm³/mol. The van der Waals surface area contributed by atoms with Crippen molar-refractivity contribution in [3.63, 3.8) is 0 Å². The van der Waals surface area contributed by atoms with Gasteiger partial charge < -0.3 is 0 Å². The monoisotopic (exact) mass is 353 g/mol. The van der Waals surface area contributed by atoms with Gasteiger partial charge in [0, 0.05) is 4.47 Å². The molecular weight excluding hydrogens is 346 g/mol. The number of nitriles is 1. The third-order valence-electron chi connectivity index (χ3n) is 2.36. The molecule has 2 rings (SSSR count). The van der Waals surface area contributed by atoms with Crippen molar-refractivity contribution in [2.24, 2.45) is 0 Å². The second kappa shape index (κ2) is 5.70. The van der Waals surface area contributed by atoms with E-state index in [2.05, 4.69) is 15.9 Å². The molecule has 0 aliphatic carbocycles. The van der Waals surface area contributed by atoms with Crippen molar-refractivity contribution in [3.05, 3.63) is 56.0 Å². The smallest absolute Gasteiger partial charge is 0.216 e. The van der Waals surface area contributed by atoms with Crippen molar-refractivity contribution in [2.75, 3.05) is 0 Å². The van der Waals surface area contributed by atoms with Crippen molar-refractivity contribution >= 4 is 43.2 Å². The molecule has 6 heteroatoms. The lowest BCUT2D eigenvalue weighted by Gasteiger charge is -2.02. The lowest BCUT2D eigenvalue weighted by atomic mass is 10.3. The maximum atomic E-state index is 12.3. The molecule has 0 atom stereocenters. The van der Waals surface area contributed by atoms with Crippen LogP contribution in [0.15, 0.2) is 55.4 Å². The Morgan fingerprint density at radius 2 is 1.95 bits per heavy atom. The minimum absolute atomic E-state index is 0.110. The molecule has 0 saturated carbocycles. The van der Waals surface area contributed by atoms with Crippen molar-refractivity contribution in [1.29, 1.82) is 5.26 Å². The first-order valence-corrected chi connectivity index (χ1v) is 8.40. The highest BCUT2D eigenvalue weighted by atomic mass is 79.9. The third kappa shape index (κ3) is 3.13. The minimum Gasteiger partial charge on any atom is -0.218 e. The third-order valence-corrected chi connectivity index (χ3v) is 5.28.